The molecule has 64 heavy (non-hydrogen) atoms. The van der Waals surface area contributed by atoms with Gasteiger partial charge in [0.1, 0.15) is 21.2 Å². The van der Waals surface area contributed by atoms with Crippen LogP contribution in [0.2, 0.25) is 0 Å². The van der Waals surface area contributed by atoms with Gasteiger partial charge in [0.2, 0.25) is 11.8 Å². The molecule has 22 nitrogen and oxygen atoms in total. The molecule has 0 fully saturated rings. The number of non-ortho nitro benzene ring substituents is 2. The van der Waals surface area contributed by atoms with Crippen LogP contribution in [-0.4, -0.2) is 68.0 Å². The molecule has 0 amide bonds. The fourth-order valence-corrected chi connectivity index (χ4v) is 7.37. The van der Waals surface area contributed by atoms with Crippen LogP contribution in [0.15, 0.2) is 162 Å². The number of benzene rings is 7. The van der Waals surface area contributed by atoms with Crippen LogP contribution in [0.1, 0.15) is 11.1 Å². The SMILES string of the molecule is O=[N+]([O-])c1ccc(N=Nc2c(S(=O)(=O)O)cc3ccc(N=C(O)c4cccc(C(O)=Nc5ccc6cc(S(=O)(=O)O)c(N=Nc7ccc([N+](=O)[O-])cc7)c(O)c6c5)c4)cc3c2O)cc1. The molecule has 7 rings (SSSR count). The Balaban J connectivity index is 1.19. The van der Waals surface area contributed by atoms with Gasteiger partial charge in [-0.05, 0) is 89.6 Å². The maximum atomic E-state index is 12.3. The molecule has 0 heterocycles. The molecule has 6 N–H and O–H groups in total. The van der Waals surface area contributed by atoms with E-state index in [2.05, 4.69) is 30.4 Å². The lowest BCUT2D eigenvalue weighted by Gasteiger charge is -2.10. The minimum Gasteiger partial charge on any atom is -0.505 e. The summed E-state index contributed by atoms with van der Waals surface area (Å²) in [6.07, 6.45) is 0. The first-order chi connectivity index (χ1) is 30.3. The van der Waals surface area contributed by atoms with Crippen LogP contribution in [0.3, 0.4) is 0 Å². The highest BCUT2D eigenvalue weighted by molar-refractivity contribution is 7.86. The molecule has 0 aliphatic rings. The Hall–Kier alpha value is -8.58. The second-order valence-electron chi connectivity index (χ2n) is 13.3. The molecule has 7 aromatic carbocycles. The molecule has 0 aromatic heterocycles. The largest absolute Gasteiger partial charge is 0.505 e. The van der Waals surface area contributed by atoms with Crippen molar-refractivity contribution in [2.24, 2.45) is 30.4 Å². The minimum atomic E-state index is -4.96. The molecule has 0 bridgehead atoms. The zero-order chi connectivity index (χ0) is 46.1. The summed E-state index contributed by atoms with van der Waals surface area (Å²) < 4.78 is 68.9. The van der Waals surface area contributed by atoms with E-state index in [1.165, 1.54) is 84.9 Å². The van der Waals surface area contributed by atoms with Crippen molar-refractivity contribution in [3.63, 3.8) is 0 Å². The quantitative estimate of drug-likeness (QED) is 0.0166. The van der Waals surface area contributed by atoms with Crippen LogP contribution in [0, 0.1) is 20.2 Å². The van der Waals surface area contributed by atoms with Gasteiger partial charge in [0.25, 0.3) is 31.6 Å². The lowest BCUT2D eigenvalue weighted by molar-refractivity contribution is -0.385. The van der Waals surface area contributed by atoms with Gasteiger partial charge >= 0.3 is 0 Å². The predicted octanol–water partition coefficient (Wildman–Crippen LogP) is 9.82. The van der Waals surface area contributed by atoms with E-state index in [0.717, 1.165) is 36.4 Å². The van der Waals surface area contributed by atoms with E-state index in [1.807, 2.05) is 0 Å². The number of rotatable bonds is 12. The fourth-order valence-electron chi connectivity index (χ4n) is 6.05. The second-order valence-corrected chi connectivity index (χ2v) is 16.1. The molecule has 0 aliphatic carbocycles. The van der Waals surface area contributed by atoms with Crippen molar-refractivity contribution < 1.29 is 56.2 Å². The average Bonchev–Trinajstić information content (AvgIpc) is 3.25. The summed E-state index contributed by atoms with van der Waals surface area (Å²) in [5, 5.41) is 81.8. The first-order valence-corrected chi connectivity index (χ1v) is 20.7. The number of aromatic hydroxyl groups is 2. The zero-order valence-corrected chi connectivity index (χ0v) is 33.5. The number of phenols is 2. The summed E-state index contributed by atoms with van der Waals surface area (Å²) in [6.45, 7) is 0. The lowest BCUT2D eigenvalue weighted by atomic mass is 10.1. The average molecular weight is 907 g/mol. The van der Waals surface area contributed by atoms with E-state index >= 15 is 0 Å². The van der Waals surface area contributed by atoms with E-state index < -0.39 is 74.5 Å². The number of hydrogen-bond acceptors (Lipinski definition) is 16. The topological polar surface area (TPSA) is 350 Å². The molecule has 0 unspecified atom stereocenters. The summed E-state index contributed by atoms with van der Waals surface area (Å²) in [6, 6.07) is 25.1. The van der Waals surface area contributed by atoms with Crippen molar-refractivity contribution >= 4 is 99.1 Å². The number of hydrogen-bond donors (Lipinski definition) is 6. The summed E-state index contributed by atoms with van der Waals surface area (Å²) in [5.74, 6) is -2.64. The van der Waals surface area contributed by atoms with Gasteiger partial charge < -0.3 is 20.4 Å². The molecule has 0 saturated carbocycles. The lowest BCUT2D eigenvalue weighted by Crippen LogP contribution is -2.03. The molecular formula is C40H26N8O14S2. The monoisotopic (exact) mass is 906 g/mol. The number of aliphatic hydroxyl groups is 2. The summed E-state index contributed by atoms with van der Waals surface area (Å²) in [5.41, 5.74) is -1.47. The molecule has 7 aromatic rings. The molecular weight excluding hydrogens is 881 g/mol. The Kier molecular flexibility index (Phi) is 11.6. The summed E-state index contributed by atoms with van der Waals surface area (Å²) >= 11 is 0. The van der Waals surface area contributed by atoms with E-state index in [4.69, 9.17) is 0 Å². The number of nitrogens with zero attached hydrogens (tertiary/aromatic N) is 8. The second kappa shape index (κ2) is 17.1. The number of aliphatic imine (C=N–C) groups is 2. The van der Waals surface area contributed by atoms with Gasteiger partial charge in [0.15, 0.2) is 11.5 Å². The molecule has 0 aliphatic heterocycles. The number of azo groups is 2. The van der Waals surface area contributed by atoms with Crippen LogP contribution in [-0.2, 0) is 20.2 Å². The number of nitro groups is 2. The summed E-state index contributed by atoms with van der Waals surface area (Å²) in [7, 11) is -9.93. The number of nitro benzene ring substituents is 2. The van der Waals surface area contributed by atoms with Gasteiger partial charge in [-0.15, -0.1) is 10.2 Å². The third-order valence-electron chi connectivity index (χ3n) is 9.13. The Morgan fingerprint density at radius 3 is 1.19 bits per heavy atom. The first kappa shape index (κ1) is 43.5. The predicted molar refractivity (Wildman–Crippen MR) is 229 cm³/mol. The Morgan fingerprint density at radius 2 is 0.844 bits per heavy atom. The van der Waals surface area contributed by atoms with Crippen LogP contribution in [0.4, 0.5) is 45.5 Å². The van der Waals surface area contributed by atoms with Crippen molar-refractivity contribution in [2.45, 2.75) is 9.79 Å². The smallest absolute Gasteiger partial charge is 0.296 e. The van der Waals surface area contributed by atoms with Gasteiger partial charge in [-0.3, -0.25) is 29.3 Å². The van der Waals surface area contributed by atoms with Crippen LogP contribution in [0.25, 0.3) is 21.5 Å². The standard InChI is InChI=1S/C40H26N8O14S2/c49-37-31-19-27(6-4-21(31)17-33(63(57,58)59)35(37)45-43-25-8-12-29(13-9-25)47(53)54)41-39(51)23-2-1-3-24(16-23)40(52)42-28-7-5-22-18-34(64(60,61)62)36(38(50)32(22)20-28)46-44-26-10-14-30(15-11-26)48(55)56/h1-20,49-50H,(H,41,51)(H,42,52)(H,57,58,59)(H,60,61,62). The van der Waals surface area contributed by atoms with E-state index in [0.29, 0.717) is 0 Å². The maximum absolute atomic E-state index is 12.3. The normalized spacial score (nSPS) is 12.7. The number of phenolic OH excluding ortho intramolecular Hbond substituents is 2. The van der Waals surface area contributed by atoms with E-state index in [1.54, 1.807) is 0 Å². The van der Waals surface area contributed by atoms with Crippen LogP contribution < -0.4 is 0 Å². The van der Waals surface area contributed by atoms with Crippen molar-refractivity contribution in [1.29, 1.82) is 0 Å². The number of aliphatic hydroxyl groups excluding tert-OH is 2. The fraction of sp³-hybridized carbons (Fsp3) is 0. The highest BCUT2D eigenvalue weighted by atomic mass is 32.2. The zero-order valence-electron chi connectivity index (χ0n) is 31.9. The Labute approximate surface area is 358 Å². The molecule has 24 heteroatoms. The van der Waals surface area contributed by atoms with Crippen molar-refractivity contribution in [3.05, 3.63) is 153 Å². The van der Waals surface area contributed by atoms with Gasteiger partial charge in [0.05, 0.1) is 32.6 Å². The molecule has 0 radical (unpaired) electrons. The third kappa shape index (κ3) is 9.33. The van der Waals surface area contributed by atoms with Gasteiger partial charge in [-0.25, -0.2) is 9.98 Å². The molecule has 322 valence electrons. The summed E-state index contributed by atoms with van der Waals surface area (Å²) in [4.78, 5) is 27.4. The van der Waals surface area contributed by atoms with E-state index in [-0.39, 0.29) is 66.8 Å². The van der Waals surface area contributed by atoms with Crippen LogP contribution >= 0.6 is 0 Å². The van der Waals surface area contributed by atoms with Crippen molar-refractivity contribution in [2.75, 3.05) is 0 Å². The van der Waals surface area contributed by atoms with Gasteiger partial charge in [-0.2, -0.15) is 27.1 Å². The molecule has 0 spiro atoms. The third-order valence-corrected chi connectivity index (χ3v) is 10.9. The maximum Gasteiger partial charge on any atom is 0.296 e. The highest BCUT2D eigenvalue weighted by Crippen LogP contribution is 2.44. The van der Waals surface area contributed by atoms with Crippen molar-refractivity contribution in [3.8, 4) is 11.5 Å². The minimum absolute atomic E-state index is 0.0204. The van der Waals surface area contributed by atoms with Gasteiger partial charge in [0, 0.05) is 46.2 Å². The number of fused-ring (bicyclic) bond motifs is 2. The van der Waals surface area contributed by atoms with E-state index in [9.17, 15) is 66.6 Å². The van der Waals surface area contributed by atoms with Crippen LogP contribution in [0.5, 0.6) is 11.5 Å². The molecule has 0 atom stereocenters. The Bertz CT molecular complexity index is 3210. The first-order valence-electron chi connectivity index (χ1n) is 17.8. The Morgan fingerprint density at radius 1 is 0.484 bits per heavy atom. The highest BCUT2D eigenvalue weighted by Gasteiger charge is 2.24. The van der Waals surface area contributed by atoms with Gasteiger partial charge in [-0.1, -0.05) is 18.2 Å². The molecule has 0 saturated heterocycles. The van der Waals surface area contributed by atoms with Crippen molar-refractivity contribution in [1.82, 2.24) is 0 Å².